The number of hydrogen-bond donors (Lipinski definition) is 0. The van der Waals surface area contributed by atoms with Gasteiger partial charge in [0, 0.05) is 12.3 Å². The number of hydrogen-bond acceptors (Lipinski definition) is 6. The van der Waals surface area contributed by atoms with Gasteiger partial charge in [0.2, 0.25) is 5.91 Å². The minimum Gasteiger partial charge on any atom is -0.497 e. The van der Waals surface area contributed by atoms with Gasteiger partial charge >= 0.3 is 6.09 Å². The molecular formula is C34H49NO6Si. The Morgan fingerprint density at radius 2 is 1.76 bits per heavy atom. The summed E-state index contributed by atoms with van der Waals surface area (Å²) in [6, 6.07) is 17.3. The molecule has 2 aromatic carbocycles. The molecule has 1 aliphatic heterocycles. The summed E-state index contributed by atoms with van der Waals surface area (Å²) in [7, 11) is -0.233. The first-order valence-corrected chi connectivity index (χ1v) is 17.8. The molecule has 0 aliphatic carbocycles. The van der Waals surface area contributed by atoms with E-state index in [1.54, 1.807) is 7.11 Å². The molecular weight excluding hydrogens is 546 g/mol. The van der Waals surface area contributed by atoms with Crippen LogP contribution in [-0.2, 0) is 31.7 Å². The molecule has 0 radical (unpaired) electrons. The quantitative estimate of drug-likeness (QED) is 0.166. The fourth-order valence-corrected chi connectivity index (χ4v) is 5.75. The molecule has 2 amide bonds. The fraction of sp³-hybridized carbons (Fsp3) is 0.529. The zero-order valence-corrected chi connectivity index (χ0v) is 27.6. The number of methoxy groups -OCH3 is 1. The van der Waals surface area contributed by atoms with E-state index in [9.17, 15) is 9.59 Å². The van der Waals surface area contributed by atoms with Gasteiger partial charge in [-0.1, -0.05) is 81.8 Å². The number of rotatable bonds is 14. The van der Waals surface area contributed by atoms with Gasteiger partial charge in [-0.3, -0.25) is 4.79 Å². The number of cyclic esters (lactones) is 1. The van der Waals surface area contributed by atoms with Gasteiger partial charge in [0.1, 0.15) is 12.4 Å². The average Bonchev–Trinajstić information content (AvgIpc) is 3.31. The molecule has 3 atom stereocenters. The number of carbonyl (C=O) groups excluding carboxylic acids is 2. The van der Waals surface area contributed by atoms with Crippen LogP contribution in [0.4, 0.5) is 4.79 Å². The fourth-order valence-electron chi connectivity index (χ4n) is 4.73. The van der Waals surface area contributed by atoms with Crippen molar-refractivity contribution in [2.24, 2.45) is 5.92 Å². The topological polar surface area (TPSA) is 74.3 Å². The molecule has 2 aromatic rings. The van der Waals surface area contributed by atoms with Crippen LogP contribution in [0.5, 0.6) is 5.75 Å². The minimum absolute atomic E-state index is 0.0321. The zero-order chi connectivity index (χ0) is 30.9. The molecule has 7 nitrogen and oxygen atoms in total. The summed E-state index contributed by atoms with van der Waals surface area (Å²) in [5.41, 5.74) is 3.23. The van der Waals surface area contributed by atoms with Crippen molar-refractivity contribution in [3.63, 3.8) is 0 Å². The molecule has 1 aliphatic rings. The number of carbonyl (C=O) groups is 2. The Balaban J connectivity index is 1.69. The van der Waals surface area contributed by atoms with Crippen molar-refractivity contribution < 1.29 is 28.2 Å². The summed E-state index contributed by atoms with van der Waals surface area (Å²) in [5, 5.41) is 0.137. The highest BCUT2D eigenvalue weighted by Gasteiger charge is 2.38. The Morgan fingerprint density at radius 1 is 1.10 bits per heavy atom. The highest BCUT2D eigenvalue weighted by atomic mass is 28.4. The third-order valence-corrected chi connectivity index (χ3v) is 12.9. The Hall–Kier alpha value is -2.94. The van der Waals surface area contributed by atoms with E-state index in [1.165, 1.54) is 4.90 Å². The first-order chi connectivity index (χ1) is 19.8. The van der Waals surface area contributed by atoms with Crippen LogP contribution in [0.25, 0.3) is 0 Å². The second kappa shape index (κ2) is 15.0. The SMILES string of the molecule is COc1ccc(CO[C@@H](CCC(=O)N2C(=O)OC[C@@H]2Cc2ccccc2)[C@H](C)/C=C(\C)CO[Si](C)(C)C(C)(C)C)cc1. The molecule has 0 aromatic heterocycles. The van der Waals surface area contributed by atoms with Crippen LogP contribution in [-0.4, -0.2) is 57.7 Å². The van der Waals surface area contributed by atoms with Gasteiger partial charge in [0.15, 0.2) is 8.32 Å². The zero-order valence-electron chi connectivity index (χ0n) is 26.6. The van der Waals surface area contributed by atoms with E-state index in [-0.39, 0.29) is 42.0 Å². The highest BCUT2D eigenvalue weighted by Crippen LogP contribution is 2.36. The lowest BCUT2D eigenvalue weighted by molar-refractivity contribution is -0.130. The lowest BCUT2D eigenvalue weighted by atomic mass is 9.97. The van der Waals surface area contributed by atoms with Crippen LogP contribution < -0.4 is 4.74 Å². The van der Waals surface area contributed by atoms with Crippen molar-refractivity contribution in [2.75, 3.05) is 20.3 Å². The van der Waals surface area contributed by atoms with Crippen LogP contribution in [0.15, 0.2) is 66.2 Å². The lowest BCUT2D eigenvalue weighted by Gasteiger charge is -2.36. The van der Waals surface area contributed by atoms with E-state index in [0.717, 1.165) is 22.4 Å². The first-order valence-electron chi connectivity index (χ1n) is 14.9. The van der Waals surface area contributed by atoms with Crippen molar-refractivity contribution in [3.8, 4) is 5.75 Å². The van der Waals surface area contributed by atoms with Gasteiger partial charge in [-0.15, -0.1) is 0 Å². The van der Waals surface area contributed by atoms with E-state index >= 15 is 0 Å². The van der Waals surface area contributed by atoms with Crippen molar-refractivity contribution in [3.05, 3.63) is 77.4 Å². The minimum atomic E-state index is -1.88. The molecule has 1 fully saturated rings. The number of ether oxygens (including phenoxy) is 3. The van der Waals surface area contributed by atoms with Gasteiger partial charge in [0.25, 0.3) is 0 Å². The molecule has 3 rings (SSSR count). The van der Waals surface area contributed by atoms with Gasteiger partial charge in [-0.2, -0.15) is 0 Å². The Kier molecular flexibility index (Phi) is 12.0. The molecule has 8 heteroatoms. The maximum absolute atomic E-state index is 13.4. The first kappa shape index (κ1) is 33.6. The van der Waals surface area contributed by atoms with E-state index < -0.39 is 14.4 Å². The summed E-state index contributed by atoms with van der Waals surface area (Å²) < 4.78 is 23.4. The van der Waals surface area contributed by atoms with Crippen LogP contribution in [0.1, 0.15) is 58.6 Å². The average molecular weight is 596 g/mol. The number of nitrogens with zero attached hydrogens (tertiary/aromatic N) is 1. The van der Waals surface area contributed by atoms with E-state index in [4.69, 9.17) is 18.6 Å². The van der Waals surface area contributed by atoms with Crippen LogP contribution in [0, 0.1) is 5.92 Å². The molecule has 230 valence electrons. The smallest absolute Gasteiger partial charge is 0.416 e. The van der Waals surface area contributed by atoms with Gasteiger partial charge < -0.3 is 18.6 Å². The molecule has 0 spiro atoms. The summed E-state index contributed by atoms with van der Waals surface area (Å²) in [6.45, 7) is 16.6. The van der Waals surface area contributed by atoms with E-state index in [0.29, 0.717) is 26.1 Å². The number of benzene rings is 2. The van der Waals surface area contributed by atoms with E-state index in [2.05, 4.69) is 53.8 Å². The van der Waals surface area contributed by atoms with Crippen LogP contribution in [0.2, 0.25) is 18.1 Å². The molecule has 42 heavy (non-hydrogen) atoms. The van der Waals surface area contributed by atoms with Crippen LogP contribution >= 0.6 is 0 Å². The third-order valence-electron chi connectivity index (χ3n) is 8.41. The summed E-state index contributed by atoms with van der Waals surface area (Å²) in [6.07, 6.45) is 2.63. The largest absolute Gasteiger partial charge is 0.497 e. The maximum atomic E-state index is 13.4. The monoisotopic (exact) mass is 595 g/mol. The lowest BCUT2D eigenvalue weighted by Crippen LogP contribution is -2.41. The van der Waals surface area contributed by atoms with Crippen molar-refractivity contribution >= 4 is 20.3 Å². The molecule has 1 saturated heterocycles. The van der Waals surface area contributed by atoms with Gasteiger partial charge in [-0.05, 0) is 61.2 Å². The van der Waals surface area contributed by atoms with E-state index in [1.807, 2.05) is 54.6 Å². The van der Waals surface area contributed by atoms with Crippen LogP contribution in [0.3, 0.4) is 0 Å². The normalized spacial score (nSPS) is 17.6. The summed E-state index contributed by atoms with van der Waals surface area (Å²) in [4.78, 5) is 27.2. The van der Waals surface area contributed by atoms with Crippen molar-refractivity contribution in [2.45, 2.75) is 90.8 Å². The summed E-state index contributed by atoms with van der Waals surface area (Å²) in [5.74, 6) is 0.590. The van der Waals surface area contributed by atoms with Crippen molar-refractivity contribution in [1.82, 2.24) is 4.90 Å². The second-order valence-electron chi connectivity index (χ2n) is 12.8. The second-order valence-corrected chi connectivity index (χ2v) is 17.7. The maximum Gasteiger partial charge on any atom is 0.416 e. The van der Waals surface area contributed by atoms with Crippen molar-refractivity contribution in [1.29, 1.82) is 0 Å². The number of imide groups is 1. The predicted octanol–water partition coefficient (Wildman–Crippen LogP) is 7.55. The third kappa shape index (κ3) is 9.54. The molecule has 0 unspecified atom stereocenters. The van der Waals surface area contributed by atoms with Gasteiger partial charge in [-0.25, -0.2) is 9.69 Å². The Morgan fingerprint density at radius 3 is 2.38 bits per heavy atom. The molecule has 1 heterocycles. The molecule has 0 bridgehead atoms. The predicted molar refractivity (Wildman–Crippen MR) is 169 cm³/mol. The van der Waals surface area contributed by atoms with Gasteiger partial charge in [0.05, 0.1) is 32.5 Å². The number of amides is 2. The summed E-state index contributed by atoms with van der Waals surface area (Å²) >= 11 is 0. The molecule has 0 N–H and O–H groups in total. The highest BCUT2D eigenvalue weighted by molar-refractivity contribution is 6.74. The molecule has 0 saturated carbocycles. The Bertz CT molecular complexity index is 1190. The Labute approximate surface area is 253 Å². The standard InChI is InChI=1S/C34H49NO6Si/c1-25(22-41-42(7,8)34(3,4)5)20-26(2)31(39-23-28-14-16-30(38-6)17-15-28)18-19-32(36)35-29(24-40-33(35)37)21-27-12-10-9-11-13-27/h9-17,20,26,29,31H,18-19,21-24H2,1-8H3/b25-20+/t26-,29+,31+/m1/s1.